The molecule has 0 unspecified atom stereocenters. The van der Waals surface area contributed by atoms with Gasteiger partial charge in [0, 0.05) is 30.2 Å². The Balaban J connectivity index is 1.70. The fourth-order valence-electron chi connectivity index (χ4n) is 3.11. The van der Waals surface area contributed by atoms with Gasteiger partial charge in [0.15, 0.2) is 0 Å². The molecule has 1 saturated heterocycles. The number of methoxy groups -OCH3 is 2. The molecule has 130 valence electrons. The maximum absolute atomic E-state index is 11.1. The van der Waals surface area contributed by atoms with Crippen LogP contribution in [-0.4, -0.2) is 42.3 Å². The van der Waals surface area contributed by atoms with Crippen molar-refractivity contribution in [3.8, 4) is 11.5 Å². The Bertz CT molecular complexity index is 671. The predicted octanol–water partition coefficient (Wildman–Crippen LogP) is 2.95. The third kappa shape index (κ3) is 3.71. The summed E-state index contributed by atoms with van der Waals surface area (Å²) >= 11 is 1.70. The lowest BCUT2D eigenvalue weighted by atomic mass is 9.84. The molecule has 1 fully saturated rings. The molecule has 0 spiro atoms. The monoisotopic (exact) mass is 348 g/mol. The molecule has 1 aliphatic heterocycles. The summed E-state index contributed by atoms with van der Waals surface area (Å²) in [4.78, 5) is 6.88. The van der Waals surface area contributed by atoms with Crippen LogP contribution in [0, 0.1) is 6.92 Å². The van der Waals surface area contributed by atoms with Gasteiger partial charge in [-0.1, -0.05) is 0 Å². The molecule has 1 aromatic carbocycles. The number of rotatable bonds is 5. The maximum Gasteiger partial charge on any atom is 0.122 e. The van der Waals surface area contributed by atoms with Gasteiger partial charge < -0.3 is 14.6 Å². The third-order valence-electron chi connectivity index (χ3n) is 4.60. The molecule has 0 radical (unpaired) electrons. The first-order valence-corrected chi connectivity index (χ1v) is 9.00. The Morgan fingerprint density at radius 3 is 2.29 bits per heavy atom. The van der Waals surface area contributed by atoms with Crippen molar-refractivity contribution in [3.05, 3.63) is 39.8 Å². The average molecular weight is 348 g/mol. The van der Waals surface area contributed by atoms with E-state index in [2.05, 4.69) is 15.3 Å². The summed E-state index contributed by atoms with van der Waals surface area (Å²) in [5.41, 5.74) is 1.10. The van der Waals surface area contributed by atoms with E-state index in [0.29, 0.717) is 24.3 Å². The SMILES string of the molecule is COc1cc(OC)cc(C2(O)CCN(Cc3nc(C)cs3)CC2)c1. The average Bonchev–Trinajstić information content (AvgIpc) is 3.01. The lowest BCUT2D eigenvalue weighted by Crippen LogP contribution is -2.42. The first-order valence-electron chi connectivity index (χ1n) is 8.12. The highest BCUT2D eigenvalue weighted by Gasteiger charge is 2.35. The second kappa shape index (κ2) is 7.09. The van der Waals surface area contributed by atoms with Gasteiger partial charge in [0.1, 0.15) is 16.5 Å². The lowest BCUT2D eigenvalue weighted by molar-refractivity contribution is -0.0280. The van der Waals surface area contributed by atoms with E-state index in [1.807, 2.05) is 25.1 Å². The molecule has 3 rings (SSSR count). The largest absolute Gasteiger partial charge is 0.497 e. The number of benzene rings is 1. The molecule has 5 nitrogen and oxygen atoms in total. The molecule has 24 heavy (non-hydrogen) atoms. The molecule has 0 aliphatic carbocycles. The summed E-state index contributed by atoms with van der Waals surface area (Å²) in [6, 6.07) is 5.64. The molecule has 0 amide bonds. The van der Waals surface area contributed by atoms with Crippen molar-refractivity contribution in [2.75, 3.05) is 27.3 Å². The summed E-state index contributed by atoms with van der Waals surface area (Å²) in [6.07, 6.45) is 1.38. The van der Waals surface area contributed by atoms with E-state index >= 15 is 0 Å². The van der Waals surface area contributed by atoms with Gasteiger partial charge in [-0.2, -0.15) is 0 Å². The van der Waals surface area contributed by atoms with Crippen LogP contribution in [-0.2, 0) is 12.1 Å². The van der Waals surface area contributed by atoms with Crippen LogP contribution >= 0.6 is 11.3 Å². The van der Waals surface area contributed by atoms with Crippen LogP contribution in [0.4, 0.5) is 0 Å². The second-order valence-corrected chi connectivity index (χ2v) is 7.23. The molecule has 6 heteroatoms. The van der Waals surface area contributed by atoms with Gasteiger partial charge in [-0.05, 0) is 37.5 Å². The van der Waals surface area contributed by atoms with Crippen molar-refractivity contribution in [1.29, 1.82) is 0 Å². The lowest BCUT2D eigenvalue weighted by Gasteiger charge is -2.38. The first-order chi connectivity index (χ1) is 11.5. The molecule has 1 N–H and O–H groups in total. The highest BCUT2D eigenvalue weighted by atomic mass is 32.1. The molecule has 1 aromatic heterocycles. The van der Waals surface area contributed by atoms with Gasteiger partial charge in [0.2, 0.25) is 0 Å². The standard InChI is InChI=1S/C18H24N2O3S/c1-13-12-24-17(19-13)11-20-6-4-18(21,5-7-20)14-8-15(22-2)10-16(9-14)23-3/h8-10,12,21H,4-7,11H2,1-3H3. The first kappa shape index (κ1) is 17.2. The smallest absolute Gasteiger partial charge is 0.122 e. The van der Waals surface area contributed by atoms with Gasteiger partial charge in [0.25, 0.3) is 0 Å². The highest BCUT2D eigenvalue weighted by molar-refractivity contribution is 7.09. The molecule has 0 saturated carbocycles. The minimum atomic E-state index is -0.836. The molecule has 0 atom stereocenters. The summed E-state index contributed by atoms with van der Waals surface area (Å²) < 4.78 is 10.7. The fourth-order valence-corrected chi connectivity index (χ4v) is 3.93. The number of aromatic nitrogens is 1. The normalized spacial score (nSPS) is 17.7. The third-order valence-corrected chi connectivity index (χ3v) is 5.55. The number of ether oxygens (including phenoxy) is 2. The van der Waals surface area contributed by atoms with Crippen molar-refractivity contribution in [1.82, 2.24) is 9.88 Å². The Kier molecular flexibility index (Phi) is 5.08. The van der Waals surface area contributed by atoms with Crippen molar-refractivity contribution in [2.45, 2.75) is 31.9 Å². The molecular weight excluding hydrogens is 324 g/mol. The zero-order valence-corrected chi connectivity index (χ0v) is 15.2. The number of thiazole rings is 1. The van der Waals surface area contributed by atoms with E-state index in [-0.39, 0.29) is 0 Å². The van der Waals surface area contributed by atoms with Gasteiger partial charge in [0.05, 0.1) is 26.4 Å². The summed E-state index contributed by atoms with van der Waals surface area (Å²) in [7, 11) is 3.25. The number of piperidine rings is 1. The van der Waals surface area contributed by atoms with Crippen molar-refractivity contribution < 1.29 is 14.6 Å². The van der Waals surface area contributed by atoms with Crippen LogP contribution in [0.5, 0.6) is 11.5 Å². The van der Waals surface area contributed by atoms with E-state index in [1.165, 1.54) is 0 Å². The van der Waals surface area contributed by atoms with Crippen LogP contribution in [0.15, 0.2) is 23.6 Å². The predicted molar refractivity (Wildman–Crippen MR) is 94.8 cm³/mol. The molecule has 1 aliphatic rings. The minimum absolute atomic E-state index is 0.688. The molecule has 0 bridgehead atoms. The second-order valence-electron chi connectivity index (χ2n) is 6.29. The Morgan fingerprint density at radius 1 is 1.17 bits per heavy atom. The number of hydrogen-bond acceptors (Lipinski definition) is 6. The Labute approximate surface area is 146 Å². The van der Waals surface area contributed by atoms with Gasteiger partial charge in [-0.15, -0.1) is 11.3 Å². The van der Waals surface area contributed by atoms with Gasteiger partial charge in [-0.25, -0.2) is 4.98 Å². The quantitative estimate of drug-likeness (QED) is 0.900. The van der Waals surface area contributed by atoms with Crippen molar-refractivity contribution >= 4 is 11.3 Å². The van der Waals surface area contributed by atoms with Crippen LogP contribution in [0.25, 0.3) is 0 Å². The number of aliphatic hydroxyl groups is 1. The van der Waals surface area contributed by atoms with Crippen LogP contribution in [0.3, 0.4) is 0 Å². The Morgan fingerprint density at radius 2 is 1.79 bits per heavy atom. The van der Waals surface area contributed by atoms with Crippen LogP contribution in [0.1, 0.15) is 29.1 Å². The highest BCUT2D eigenvalue weighted by Crippen LogP contribution is 2.37. The van der Waals surface area contributed by atoms with Crippen LogP contribution in [0.2, 0.25) is 0 Å². The molecule has 2 heterocycles. The zero-order chi connectivity index (χ0) is 17.2. The minimum Gasteiger partial charge on any atom is -0.497 e. The van der Waals surface area contributed by atoms with Gasteiger partial charge in [-0.3, -0.25) is 4.90 Å². The topological polar surface area (TPSA) is 54.8 Å². The zero-order valence-electron chi connectivity index (χ0n) is 14.4. The summed E-state index contributed by atoms with van der Waals surface area (Å²) in [5.74, 6) is 1.41. The van der Waals surface area contributed by atoms with Crippen molar-refractivity contribution in [2.24, 2.45) is 0 Å². The number of likely N-dealkylation sites (tertiary alicyclic amines) is 1. The number of nitrogens with zero attached hydrogens (tertiary/aromatic N) is 2. The summed E-state index contributed by atoms with van der Waals surface area (Å²) in [6.45, 7) is 4.56. The van der Waals surface area contributed by atoms with E-state index in [4.69, 9.17) is 9.47 Å². The van der Waals surface area contributed by atoms with Crippen molar-refractivity contribution in [3.63, 3.8) is 0 Å². The van der Waals surface area contributed by atoms with E-state index in [1.54, 1.807) is 25.6 Å². The number of aryl methyl sites for hydroxylation is 1. The van der Waals surface area contributed by atoms with Gasteiger partial charge >= 0.3 is 0 Å². The maximum atomic E-state index is 11.1. The molecular formula is C18H24N2O3S. The van der Waals surface area contributed by atoms with Crippen LogP contribution < -0.4 is 9.47 Å². The molecule has 2 aromatic rings. The van der Waals surface area contributed by atoms with E-state index < -0.39 is 5.60 Å². The fraction of sp³-hybridized carbons (Fsp3) is 0.500. The Hall–Kier alpha value is -1.63. The van der Waals surface area contributed by atoms with E-state index in [0.717, 1.165) is 35.9 Å². The number of hydrogen-bond donors (Lipinski definition) is 1. The van der Waals surface area contributed by atoms with E-state index in [9.17, 15) is 5.11 Å². The summed E-state index contributed by atoms with van der Waals surface area (Å²) in [5, 5.41) is 14.3.